The summed E-state index contributed by atoms with van der Waals surface area (Å²) in [5.41, 5.74) is 3.76. The standard InChI is InChI=1S/C22H27N3O/c1-22(2)11-9-17(10-12-22)23-14-16-3-5-18(6-4-16)26-19-7-8-20-21(13-19)25-15-24-20/h3-8,13,15,17,23H,9-12,14H2,1-2H3,(H,24,25). The predicted molar refractivity (Wildman–Crippen MR) is 105 cm³/mol. The second kappa shape index (κ2) is 7.12. The number of nitrogens with zero attached hydrogens (tertiary/aromatic N) is 1. The number of benzene rings is 2. The van der Waals surface area contributed by atoms with Crippen molar-refractivity contribution in [2.24, 2.45) is 5.41 Å². The molecule has 1 aromatic heterocycles. The topological polar surface area (TPSA) is 49.9 Å². The highest BCUT2D eigenvalue weighted by Gasteiger charge is 2.26. The van der Waals surface area contributed by atoms with Gasteiger partial charge in [0.05, 0.1) is 17.4 Å². The molecule has 2 aromatic carbocycles. The van der Waals surface area contributed by atoms with E-state index in [1.54, 1.807) is 6.33 Å². The summed E-state index contributed by atoms with van der Waals surface area (Å²) in [6.07, 6.45) is 6.90. The molecule has 1 saturated carbocycles. The van der Waals surface area contributed by atoms with Gasteiger partial charge in [0.2, 0.25) is 0 Å². The molecule has 0 unspecified atom stereocenters. The van der Waals surface area contributed by atoms with E-state index in [0.29, 0.717) is 11.5 Å². The molecule has 0 spiro atoms. The quantitative estimate of drug-likeness (QED) is 0.647. The molecule has 0 atom stereocenters. The SMILES string of the molecule is CC1(C)CCC(NCc2ccc(Oc3ccc4nc[nH]c4c3)cc2)CC1. The summed E-state index contributed by atoms with van der Waals surface area (Å²) in [5.74, 6) is 1.67. The fraction of sp³-hybridized carbons (Fsp3) is 0.409. The molecule has 0 bridgehead atoms. The van der Waals surface area contributed by atoms with E-state index in [4.69, 9.17) is 4.74 Å². The van der Waals surface area contributed by atoms with E-state index in [0.717, 1.165) is 29.1 Å². The van der Waals surface area contributed by atoms with E-state index in [1.165, 1.54) is 31.2 Å². The summed E-state index contributed by atoms with van der Waals surface area (Å²) < 4.78 is 5.96. The van der Waals surface area contributed by atoms with Crippen molar-refractivity contribution in [2.75, 3.05) is 0 Å². The third kappa shape index (κ3) is 4.07. The lowest BCUT2D eigenvalue weighted by atomic mass is 9.75. The molecule has 136 valence electrons. The van der Waals surface area contributed by atoms with Gasteiger partial charge in [0.25, 0.3) is 0 Å². The molecule has 0 amide bonds. The maximum Gasteiger partial charge on any atom is 0.129 e. The molecule has 1 fully saturated rings. The minimum Gasteiger partial charge on any atom is -0.457 e. The van der Waals surface area contributed by atoms with Gasteiger partial charge in [0, 0.05) is 18.7 Å². The minimum atomic E-state index is 0.524. The highest BCUT2D eigenvalue weighted by Crippen LogP contribution is 2.35. The van der Waals surface area contributed by atoms with E-state index >= 15 is 0 Å². The van der Waals surface area contributed by atoms with Crippen LogP contribution in [0.15, 0.2) is 48.8 Å². The number of aromatic nitrogens is 2. The lowest BCUT2D eigenvalue weighted by Gasteiger charge is -2.34. The van der Waals surface area contributed by atoms with Crippen LogP contribution in [0.4, 0.5) is 0 Å². The molecule has 4 rings (SSSR count). The van der Waals surface area contributed by atoms with Gasteiger partial charge >= 0.3 is 0 Å². The van der Waals surface area contributed by atoms with Gasteiger partial charge < -0.3 is 15.0 Å². The highest BCUT2D eigenvalue weighted by molar-refractivity contribution is 5.76. The second-order valence-electron chi connectivity index (χ2n) is 8.15. The van der Waals surface area contributed by atoms with Crippen LogP contribution in [-0.4, -0.2) is 16.0 Å². The third-order valence-electron chi connectivity index (χ3n) is 5.48. The minimum absolute atomic E-state index is 0.524. The smallest absolute Gasteiger partial charge is 0.129 e. The van der Waals surface area contributed by atoms with Crippen LogP contribution in [-0.2, 0) is 6.54 Å². The van der Waals surface area contributed by atoms with Gasteiger partial charge in [-0.15, -0.1) is 0 Å². The molecule has 26 heavy (non-hydrogen) atoms. The predicted octanol–water partition coefficient (Wildman–Crippen LogP) is 5.41. The molecule has 1 aliphatic rings. The first-order chi connectivity index (χ1) is 12.6. The van der Waals surface area contributed by atoms with Gasteiger partial charge in [-0.1, -0.05) is 26.0 Å². The Balaban J connectivity index is 1.32. The van der Waals surface area contributed by atoms with Gasteiger partial charge in [0.15, 0.2) is 0 Å². The number of hydrogen-bond donors (Lipinski definition) is 2. The number of hydrogen-bond acceptors (Lipinski definition) is 3. The van der Waals surface area contributed by atoms with Crippen LogP contribution in [0.1, 0.15) is 45.1 Å². The molecular weight excluding hydrogens is 322 g/mol. The number of aromatic amines is 1. The van der Waals surface area contributed by atoms with Crippen LogP contribution in [0.2, 0.25) is 0 Å². The summed E-state index contributed by atoms with van der Waals surface area (Å²) in [4.78, 5) is 7.34. The van der Waals surface area contributed by atoms with Crippen molar-refractivity contribution in [3.05, 3.63) is 54.4 Å². The largest absolute Gasteiger partial charge is 0.457 e. The van der Waals surface area contributed by atoms with Crippen molar-refractivity contribution in [2.45, 2.75) is 52.1 Å². The Morgan fingerprint density at radius 1 is 1.08 bits per heavy atom. The van der Waals surface area contributed by atoms with Crippen molar-refractivity contribution in [3.63, 3.8) is 0 Å². The van der Waals surface area contributed by atoms with Gasteiger partial charge in [-0.05, 0) is 60.9 Å². The molecule has 2 N–H and O–H groups in total. The Morgan fingerprint density at radius 2 is 1.81 bits per heavy atom. The van der Waals surface area contributed by atoms with Crippen molar-refractivity contribution in [1.82, 2.24) is 15.3 Å². The fourth-order valence-electron chi connectivity index (χ4n) is 3.66. The van der Waals surface area contributed by atoms with Crippen LogP contribution >= 0.6 is 0 Å². The number of fused-ring (bicyclic) bond motifs is 1. The molecule has 1 aliphatic carbocycles. The van der Waals surface area contributed by atoms with Crippen molar-refractivity contribution in [1.29, 1.82) is 0 Å². The molecule has 1 heterocycles. The summed E-state index contributed by atoms with van der Waals surface area (Å²) in [5, 5.41) is 3.71. The average molecular weight is 349 g/mol. The monoisotopic (exact) mass is 349 g/mol. The zero-order valence-corrected chi connectivity index (χ0v) is 15.6. The summed E-state index contributed by atoms with van der Waals surface area (Å²) in [7, 11) is 0. The Kier molecular flexibility index (Phi) is 4.68. The molecule has 0 aliphatic heterocycles. The zero-order chi connectivity index (χ0) is 18.0. The molecule has 0 saturated heterocycles. The van der Waals surface area contributed by atoms with Gasteiger partial charge in [0.1, 0.15) is 11.5 Å². The number of rotatable bonds is 5. The van der Waals surface area contributed by atoms with Crippen LogP contribution in [0.25, 0.3) is 11.0 Å². The van der Waals surface area contributed by atoms with Crippen LogP contribution < -0.4 is 10.1 Å². The number of ether oxygens (including phenoxy) is 1. The molecular formula is C22H27N3O. The van der Waals surface area contributed by atoms with E-state index in [-0.39, 0.29) is 0 Å². The number of imidazole rings is 1. The first-order valence-corrected chi connectivity index (χ1v) is 9.51. The van der Waals surface area contributed by atoms with Crippen LogP contribution in [0, 0.1) is 5.41 Å². The van der Waals surface area contributed by atoms with Crippen LogP contribution in [0.3, 0.4) is 0 Å². The fourth-order valence-corrected chi connectivity index (χ4v) is 3.66. The second-order valence-corrected chi connectivity index (χ2v) is 8.15. The van der Waals surface area contributed by atoms with E-state index in [9.17, 15) is 0 Å². The Labute approximate surface area is 155 Å². The molecule has 0 radical (unpaired) electrons. The summed E-state index contributed by atoms with van der Waals surface area (Å²) in [6, 6.07) is 14.9. The lowest BCUT2D eigenvalue weighted by molar-refractivity contribution is 0.206. The van der Waals surface area contributed by atoms with Crippen molar-refractivity contribution in [3.8, 4) is 11.5 Å². The highest BCUT2D eigenvalue weighted by atomic mass is 16.5. The normalized spacial score (nSPS) is 17.5. The third-order valence-corrected chi connectivity index (χ3v) is 5.48. The van der Waals surface area contributed by atoms with E-state index < -0.39 is 0 Å². The van der Waals surface area contributed by atoms with Gasteiger partial charge in [-0.25, -0.2) is 4.98 Å². The number of H-pyrrole nitrogens is 1. The molecule has 4 nitrogen and oxygen atoms in total. The summed E-state index contributed by atoms with van der Waals surface area (Å²) in [6.45, 7) is 5.68. The van der Waals surface area contributed by atoms with Crippen LogP contribution in [0.5, 0.6) is 11.5 Å². The lowest BCUT2D eigenvalue weighted by Crippen LogP contribution is -2.35. The van der Waals surface area contributed by atoms with Crippen molar-refractivity contribution >= 4 is 11.0 Å². The van der Waals surface area contributed by atoms with Gasteiger partial charge in [-0.2, -0.15) is 0 Å². The maximum atomic E-state index is 5.96. The first-order valence-electron chi connectivity index (χ1n) is 9.51. The molecule has 4 heteroatoms. The average Bonchev–Trinajstić information content (AvgIpc) is 3.10. The number of nitrogens with one attached hydrogen (secondary N) is 2. The summed E-state index contributed by atoms with van der Waals surface area (Å²) >= 11 is 0. The van der Waals surface area contributed by atoms with E-state index in [1.807, 2.05) is 30.3 Å². The van der Waals surface area contributed by atoms with Crippen molar-refractivity contribution < 1.29 is 4.74 Å². The Hall–Kier alpha value is -2.33. The first kappa shape index (κ1) is 17.1. The van der Waals surface area contributed by atoms with E-state index in [2.05, 4.69) is 41.3 Å². The zero-order valence-electron chi connectivity index (χ0n) is 15.6. The molecule has 3 aromatic rings. The Morgan fingerprint density at radius 3 is 2.58 bits per heavy atom. The van der Waals surface area contributed by atoms with Gasteiger partial charge in [-0.3, -0.25) is 0 Å². The Bertz CT molecular complexity index is 856. The maximum absolute atomic E-state index is 5.96.